The molecule has 1 aromatic rings. The number of carbonyl (C=O) groups excluding carboxylic acids is 2. The fourth-order valence-electron chi connectivity index (χ4n) is 2.11. The maximum atomic E-state index is 12.1. The van der Waals surface area contributed by atoms with Gasteiger partial charge in [0.2, 0.25) is 5.91 Å². The summed E-state index contributed by atoms with van der Waals surface area (Å²) >= 11 is 0. The van der Waals surface area contributed by atoms with E-state index in [2.05, 4.69) is 10.6 Å². The second kappa shape index (κ2) is 4.21. The molecule has 0 saturated carbocycles. The molecule has 0 aliphatic carbocycles. The van der Waals surface area contributed by atoms with Crippen LogP contribution in [0.5, 0.6) is 0 Å². The number of hydrogen-bond acceptors (Lipinski definition) is 3. The lowest BCUT2D eigenvalue weighted by Gasteiger charge is -2.16. The predicted molar refractivity (Wildman–Crippen MR) is 70.9 cm³/mol. The van der Waals surface area contributed by atoms with E-state index < -0.39 is 5.41 Å². The van der Waals surface area contributed by atoms with Crippen molar-refractivity contribution in [1.29, 1.82) is 0 Å². The Morgan fingerprint density at radius 2 is 2.06 bits per heavy atom. The number of Topliss-reactive ketones (excluding diaryl/α,β-unsaturated/α-hetero) is 1. The quantitative estimate of drug-likeness (QED) is 0.798. The molecule has 2 rings (SSSR count). The van der Waals surface area contributed by atoms with Gasteiger partial charge in [-0.15, -0.1) is 0 Å². The van der Waals surface area contributed by atoms with Crippen molar-refractivity contribution in [3.63, 3.8) is 0 Å². The van der Waals surface area contributed by atoms with Gasteiger partial charge in [0.25, 0.3) is 0 Å². The number of carbonyl (C=O) groups is 2. The summed E-state index contributed by atoms with van der Waals surface area (Å²) in [5.74, 6) is 0.0132. The van der Waals surface area contributed by atoms with Gasteiger partial charge in [-0.3, -0.25) is 9.59 Å². The first-order valence-corrected chi connectivity index (χ1v) is 6.05. The largest absolute Gasteiger partial charge is 0.325 e. The number of nitrogens with one attached hydrogen (secondary N) is 2. The number of amides is 1. The molecule has 0 bridgehead atoms. The Hall–Kier alpha value is -1.68. The number of likely N-dealkylation sites (N-methyl/N-ethyl adjacent to an activating group) is 1. The van der Waals surface area contributed by atoms with Gasteiger partial charge in [-0.1, -0.05) is 0 Å². The highest BCUT2D eigenvalue weighted by atomic mass is 16.2. The van der Waals surface area contributed by atoms with Gasteiger partial charge in [-0.05, 0) is 51.6 Å². The minimum Gasteiger partial charge on any atom is -0.325 e. The minimum atomic E-state index is -0.575. The van der Waals surface area contributed by atoms with Crippen molar-refractivity contribution in [2.45, 2.75) is 32.2 Å². The van der Waals surface area contributed by atoms with Gasteiger partial charge in [0.15, 0.2) is 5.78 Å². The van der Waals surface area contributed by atoms with Crippen LogP contribution in [0.1, 0.15) is 36.7 Å². The van der Waals surface area contributed by atoms with E-state index in [1.54, 1.807) is 19.2 Å². The first kappa shape index (κ1) is 12.8. The van der Waals surface area contributed by atoms with E-state index in [0.717, 1.165) is 11.3 Å². The van der Waals surface area contributed by atoms with Crippen molar-refractivity contribution in [3.8, 4) is 0 Å². The van der Waals surface area contributed by atoms with Crippen LogP contribution in [0.15, 0.2) is 18.2 Å². The molecule has 2 N–H and O–H groups in total. The molecule has 1 aliphatic rings. The maximum absolute atomic E-state index is 12.1. The lowest BCUT2D eigenvalue weighted by Crippen LogP contribution is -2.31. The fraction of sp³-hybridized carbons (Fsp3) is 0.429. The number of rotatable bonds is 3. The smallest absolute Gasteiger partial charge is 0.234 e. The minimum absolute atomic E-state index is 0.0243. The molecule has 96 valence electrons. The number of anilines is 1. The summed E-state index contributed by atoms with van der Waals surface area (Å²) < 4.78 is 0. The molecular formula is C14H18N2O2. The van der Waals surface area contributed by atoms with Crippen LogP contribution in [0.2, 0.25) is 0 Å². The summed E-state index contributed by atoms with van der Waals surface area (Å²) in [4.78, 5) is 23.9. The lowest BCUT2D eigenvalue weighted by molar-refractivity contribution is -0.119. The molecule has 1 atom stereocenters. The molecule has 0 fully saturated rings. The highest BCUT2D eigenvalue weighted by molar-refractivity contribution is 6.07. The van der Waals surface area contributed by atoms with Gasteiger partial charge in [0.1, 0.15) is 0 Å². The molecule has 1 amide bonds. The SMILES string of the molecule is CNC(C)C(=O)c1ccc2c(c1)C(C)(C)C(=O)N2. The van der Waals surface area contributed by atoms with Crippen molar-refractivity contribution >= 4 is 17.4 Å². The number of hydrogen-bond donors (Lipinski definition) is 2. The number of benzene rings is 1. The summed E-state index contributed by atoms with van der Waals surface area (Å²) in [6.45, 7) is 5.55. The molecular weight excluding hydrogens is 228 g/mol. The standard InChI is InChI=1S/C14H18N2O2/c1-8(15-4)12(17)9-5-6-11-10(7-9)14(2,3)13(18)16-11/h5-8,15H,1-4H3,(H,16,18). The number of ketones is 1. The van der Waals surface area contributed by atoms with E-state index in [1.807, 2.05) is 26.8 Å². The van der Waals surface area contributed by atoms with Gasteiger partial charge in [0, 0.05) is 11.3 Å². The predicted octanol–water partition coefficient (Wildman–Crippen LogP) is 1.71. The van der Waals surface area contributed by atoms with E-state index in [4.69, 9.17) is 0 Å². The van der Waals surface area contributed by atoms with Crippen LogP contribution in [-0.2, 0) is 10.2 Å². The fourth-order valence-corrected chi connectivity index (χ4v) is 2.11. The van der Waals surface area contributed by atoms with Crippen LogP contribution in [0.3, 0.4) is 0 Å². The van der Waals surface area contributed by atoms with Crippen LogP contribution in [-0.4, -0.2) is 24.8 Å². The van der Waals surface area contributed by atoms with Crippen LogP contribution in [0.4, 0.5) is 5.69 Å². The average molecular weight is 246 g/mol. The van der Waals surface area contributed by atoms with E-state index in [1.165, 1.54) is 0 Å². The van der Waals surface area contributed by atoms with Gasteiger partial charge in [0.05, 0.1) is 11.5 Å². The van der Waals surface area contributed by atoms with Crippen molar-refractivity contribution in [2.75, 3.05) is 12.4 Å². The normalized spacial score (nSPS) is 18.1. The third kappa shape index (κ3) is 1.82. The highest BCUT2D eigenvalue weighted by Gasteiger charge is 2.38. The zero-order valence-corrected chi connectivity index (χ0v) is 11.1. The van der Waals surface area contributed by atoms with Crippen LogP contribution >= 0.6 is 0 Å². The van der Waals surface area contributed by atoms with E-state index in [-0.39, 0.29) is 17.7 Å². The van der Waals surface area contributed by atoms with Gasteiger partial charge >= 0.3 is 0 Å². The number of fused-ring (bicyclic) bond motifs is 1. The first-order valence-electron chi connectivity index (χ1n) is 6.05. The maximum Gasteiger partial charge on any atom is 0.234 e. The van der Waals surface area contributed by atoms with E-state index in [9.17, 15) is 9.59 Å². The molecule has 0 spiro atoms. The van der Waals surface area contributed by atoms with Crippen molar-refractivity contribution in [1.82, 2.24) is 5.32 Å². The monoisotopic (exact) mass is 246 g/mol. The summed E-state index contributed by atoms with van der Waals surface area (Å²) in [6, 6.07) is 5.16. The van der Waals surface area contributed by atoms with Crippen LogP contribution in [0, 0.1) is 0 Å². The third-order valence-electron chi connectivity index (χ3n) is 3.62. The van der Waals surface area contributed by atoms with Crippen molar-refractivity contribution < 1.29 is 9.59 Å². The topological polar surface area (TPSA) is 58.2 Å². The Kier molecular flexibility index (Phi) is 2.99. The summed E-state index contributed by atoms with van der Waals surface area (Å²) in [5, 5.41) is 5.76. The van der Waals surface area contributed by atoms with Crippen molar-refractivity contribution in [3.05, 3.63) is 29.3 Å². The summed E-state index contributed by atoms with van der Waals surface area (Å²) in [6.07, 6.45) is 0. The second-order valence-corrected chi connectivity index (χ2v) is 5.21. The Balaban J connectivity index is 2.43. The average Bonchev–Trinajstić information content (AvgIpc) is 2.58. The Morgan fingerprint density at radius 1 is 1.39 bits per heavy atom. The van der Waals surface area contributed by atoms with Crippen molar-refractivity contribution in [2.24, 2.45) is 0 Å². The Morgan fingerprint density at radius 3 is 2.67 bits per heavy atom. The molecule has 1 unspecified atom stereocenters. The highest BCUT2D eigenvalue weighted by Crippen LogP contribution is 2.37. The van der Waals surface area contributed by atoms with Gasteiger partial charge in [-0.2, -0.15) is 0 Å². The zero-order valence-electron chi connectivity index (χ0n) is 11.1. The zero-order chi connectivity index (χ0) is 13.5. The molecule has 0 aromatic heterocycles. The second-order valence-electron chi connectivity index (χ2n) is 5.21. The molecule has 18 heavy (non-hydrogen) atoms. The molecule has 4 heteroatoms. The molecule has 0 radical (unpaired) electrons. The van der Waals surface area contributed by atoms with Gasteiger partial charge in [-0.25, -0.2) is 0 Å². The van der Waals surface area contributed by atoms with E-state index in [0.29, 0.717) is 5.56 Å². The van der Waals surface area contributed by atoms with E-state index >= 15 is 0 Å². The molecule has 1 aromatic carbocycles. The first-order chi connectivity index (χ1) is 8.37. The molecule has 0 saturated heterocycles. The lowest BCUT2D eigenvalue weighted by atomic mass is 9.85. The summed E-state index contributed by atoms with van der Waals surface area (Å²) in [7, 11) is 1.75. The molecule has 1 heterocycles. The van der Waals surface area contributed by atoms with Crippen LogP contribution in [0.25, 0.3) is 0 Å². The van der Waals surface area contributed by atoms with Gasteiger partial charge < -0.3 is 10.6 Å². The Labute approximate surface area is 107 Å². The van der Waals surface area contributed by atoms with Crippen LogP contribution < -0.4 is 10.6 Å². The molecule has 4 nitrogen and oxygen atoms in total. The Bertz CT molecular complexity index is 521. The third-order valence-corrected chi connectivity index (χ3v) is 3.62. The molecule has 1 aliphatic heterocycles. The summed E-state index contributed by atoms with van der Waals surface area (Å²) in [5.41, 5.74) is 1.76.